The van der Waals surface area contributed by atoms with Gasteiger partial charge in [0.15, 0.2) is 0 Å². The molecule has 0 bridgehead atoms. The van der Waals surface area contributed by atoms with E-state index in [1.807, 2.05) is 9.44 Å². The van der Waals surface area contributed by atoms with Gasteiger partial charge in [-0.2, -0.15) is 8.42 Å². The number of phenolic OH excluding ortho intramolecular Hbond substituents is 1. The van der Waals surface area contributed by atoms with Gasteiger partial charge in [-0.1, -0.05) is 0 Å². The first-order valence-electron chi connectivity index (χ1n) is 6.49. The molecule has 0 amide bonds. The van der Waals surface area contributed by atoms with Gasteiger partial charge >= 0.3 is 29.6 Å². The summed E-state index contributed by atoms with van der Waals surface area (Å²) in [6.07, 6.45) is 0. The van der Waals surface area contributed by atoms with Crippen LogP contribution >= 0.6 is 0 Å². The topological polar surface area (TPSA) is 167 Å². The van der Waals surface area contributed by atoms with E-state index >= 15 is 0 Å². The Labute approximate surface area is 172 Å². The number of sulfonamides is 2. The molecule has 26 heavy (non-hydrogen) atoms. The van der Waals surface area contributed by atoms with Crippen LogP contribution in [0.1, 0.15) is 0 Å². The maximum atomic E-state index is 12.0. The zero-order valence-corrected chi connectivity index (χ0v) is 18.3. The normalized spacial score (nSPS) is 12.7. The van der Waals surface area contributed by atoms with Gasteiger partial charge in [-0.3, -0.25) is 4.55 Å². The van der Waals surface area contributed by atoms with Crippen molar-refractivity contribution in [1.82, 2.24) is 9.44 Å². The zero-order valence-electron chi connectivity index (χ0n) is 13.9. The number of aromatic hydroxyl groups is 1. The molecule has 0 aliphatic carbocycles. The van der Waals surface area contributed by atoms with Gasteiger partial charge in [0.1, 0.15) is 10.6 Å². The maximum absolute atomic E-state index is 12.0. The molecule has 0 aromatic heterocycles. The Balaban J connectivity index is 0.00000338. The van der Waals surface area contributed by atoms with E-state index in [-0.39, 0.29) is 34.9 Å². The summed E-state index contributed by atoms with van der Waals surface area (Å²) in [5.74, 6) is -0.757. The number of fused-ring (bicyclic) bond motifs is 1. The van der Waals surface area contributed by atoms with Crippen LogP contribution in [0.3, 0.4) is 0 Å². The van der Waals surface area contributed by atoms with Crippen LogP contribution in [0.25, 0.3) is 10.8 Å². The van der Waals surface area contributed by atoms with Gasteiger partial charge in [-0.05, 0) is 37.7 Å². The van der Waals surface area contributed by atoms with Crippen molar-refractivity contribution in [1.29, 1.82) is 0 Å². The first-order chi connectivity index (χ1) is 11.3. The molecule has 2 rings (SSSR count). The van der Waals surface area contributed by atoms with Crippen molar-refractivity contribution in [2.24, 2.45) is 0 Å². The maximum Gasteiger partial charge on any atom is 1.00 e. The molecule has 0 aliphatic heterocycles. The molecule has 0 saturated heterocycles. The Morgan fingerprint density at radius 1 is 0.808 bits per heavy atom. The summed E-state index contributed by atoms with van der Waals surface area (Å²) >= 11 is 0. The average molecular weight is 433 g/mol. The van der Waals surface area contributed by atoms with Gasteiger partial charge in [0.2, 0.25) is 20.0 Å². The van der Waals surface area contributed by atoms with E-state index in [0.717, 1.165) is 32.3 Å². The fourth-order valence-corrected chi connectivity index (χ4v) is 4.56. The van der Waals surface area contributed by atoms with Crippen molar-refractivity contribution in [3.63, 3.8) is 0 Å². The predicted octanol–water partition coefficient (Wildman–Crippen LogP) is -3.39. The van der Waals surface area contributed by atoms with Crippen molar-refractivity contribution in [3.8, 4) is 5.75 Å². The first kappa shape index (κ1) is 23.3. The Hall–Kier alpha value is -0.770. The average Bonchev–Trinajstić information content (AvgIpc) is 2.52. The predicted molar refractivity (Wildman–Crippen MR) is 87.9 cm³/mol. The van der Waals surface area contributed by atoms with Gasteiger partial charge in [0, 0.05) is 11.5 Å². The Bertz CT molecular complexity index is 1170. The van der Waals surface area contributed by atoms with E-state index in [1.54, 1.807) is 0 Å². The third kappa shape index (κ3) is 4.37. The fraction of sp³-hybridized carbons (Fsp3) is 0.167. The van der Waals surface area contributed by atoms with Crippen LogP contribution in [-0.4, -0.2) is 49.0 Å². The van der Waals surface area contributed by atoms with Crippen LogP contribution < -0.4 is 39.0 Å². The number of hydrogen-bond donors (Lipinski definition) is 4. The van der Waals surface area contributed by atoms with Gasteiger partial charge < -0.3 is 5.11 Å². The summed E-state index contributed by atoms with van der Waals surface area (Å²) in [5.41, 5.74) is 0. The molecule has 10 nitrogen and oxygen atoms in total. The van der Waals surface area contributed by atoms with Crippen molar-refractivity contribution in [2.45, 2.75) is 14.7 Å². The van der Waals surface area contributed by atoms with E-state index in [2.05, 4.69) is 0 Å². The number of rotatable bonds is 5. The second-order valence-corrected chi connectivity index (χ2v) is 10.0. The Morgan fingerprint density at radius 2 is 1.23 bits per heavy atom. The van der Waals surface area contributed by atoms with Crippen LogP contribution in [0.5, 0.6) is 5.75 Å². The molecular weight excluding hydrogens is 419 g/mol. The summed E-state index contributed by atoms with van der Waals surface area (Å²) < 4.78 is 84.3. The molecule has 0 radical (unpaired) electrons. The number of benzene rings is 2. The van der Waals surface area contributed by atoms with Gasteiger partial charge in [-0.15, -0.1) is 0 Å². The fourth-order valence-electron chi connectivity index (χ4n) is 2.15. The van der Waals surface area contributed by atoms with Gasteiger partial charge in [-0.25, -0.2) is 26.3 Å². The summed E-state index contributed by atoms with van der Waals surface area (Å²) in [5, 5.41) is 9.45. The molecule has 0 saturated carbocycles. The van der Waals surface area contributed by atoms with E-state index in [4.69, 9.17) is 0 Å². The smallest absolute Gasteiger partial charge is 0.507 e. The van der Waals surface area contributed by atoms with Crippen LogP contribution in [0.2, 0.25) is 0 Å². The van der Waals surface area contributed by atoms with E-state index in [0.29, 0.717) is 6.07 Å². The van der Waals surface area contributed by atoms with Crippen molar-refractivity contribution < 1.29 is 64.5 Å². The molecule has 0 atom stereocenters. The van der Waals surface area contributed by atoms with Crippen LogP contribution in [0.4, 0.5) is 0 Å². The summed E-state index contributed by atoms with van der Waals surface area (Å²) in [6.45, 7) is 0. The molecular formula is C12H14N2NaO8S3+. The number of hydrogen-bond acceptors (Lipinski definition) is 7. The van der Waals surface area contributed by atoms with Crippen LogP contribution in [0.15, 0.2) is 39.0 Å². The van der Waals surface area contributed by atoms with Crippen LogP contribution in [-0.2, 0) is 30.2 Å². The van der Waals surface area contributed by atoms with Crippen molar-refractivity contribution in [2.75, 3.05) is 14.1 Å². The molecule has 0 heterocycles. The Morgan fingerprint density at radius 3 is 1.62 bits per heavy atom. The third-order valence-corrected chi connectivity index (χ3v) is 7.04. The summed E-state index contributed by atoms with van der Waals surface area (Å²) in [6, 6.07) is 3.40. The largest absolute Gasteiger partial charge is 1.00 e. The standard InChI is InChI=1S/C12H14N2O8S3.Na/c1-13-23(16,17)8-3-7-4-9(24(18,19)14-2)6-11(25(20,21)22)12(7)10(15)5-8;/h3-6,13-15H,1-2H3,(H,20,21,22);/q;+1. The number of nitrogens with one attached hydrogen (secondary N) is 2. The molecule has 2 aromatic rings. The molecule has 14 heteroatoms. The van der Waals surface area contributed by atoms with Crippen molar-refractivity contribution >= 4 is 40.9 Å². The molecule has 0 aliphatic rings. The second-order valence-electron chi connectivity index (χ2n) is 4.85. The summed E-state index contributed by atoms with van der Waals surface area (Å²) in [7, 11) is -10.8. The van der Waals surface area contributed by atoms with Gasteiger partial charge in [0.05, 0.1) is 9.79 Å². The quantitative estimate of drug-likeness (QED) is 0.280. The molecule has 2 aromatic carbocycles. The monoisotopic (exact) mass is 433 g/mol. The number of phenols is 1. The van der Waals surface area contributed by atoms with Crippen molar-refractivity contribution in [3.05, 3.63) is 24.3 Å². The molecule has 0 spiro atoms. The van der Waals surface area contributed by atoms with E-state index < -0.39 is 56.0 Å². The van der Waals surface area contributed by atoms with E-state index in [9.17, 15) is 34.9 Å². The minimum absolute atomic E-state index is 0. The molecule has 4 N–H and O–H groups in total. The third-order valence-electron chi connectivity index (χ3n) is 3.38. The van der Waals surface area contributed by atoms with Gasteiger partial charge in [0.25, 0.3) is 10.1 Å². The van der Waals surface area contributed by atoms with Crippen LogP contribution in [0, 0.1) is 0 Å². The summed E-state index contributed by atoms with van der Waals surface area (Å²) in [4.78, 5) is -1.82. The minimum Gasteiger partial charge on any atom is -0.507 e. The molecule has 0 fully saturated rings. The minimum atomic E-state index is -4.91. The molecule has 138 valence electrons. The SMILES string of the molecule is CNS(=O)(=O)c1cc(O)c2c(S(=O)(=O)O)cc(S(=O)(=O)NC)cc2c1.[Na+]. The first-order valence-corrected chi connectivity index (χ1v) is 10.9. The second kappa shape index (κ2) is 7.69. The molecule has 0 unspecified atom stereocenters. The Kier molecular flexibility index (Phi) is 6.88. The van der Waals surface area contributed by atoms with E-state index in [1.165, 1.54) is 0 Å². The zero-order chi connectivity index (χ0) is 19.2.